The second kappa shape index (κ2) is 10.8. The summed E-state index contributed by atoms with van der Waals surface area (Å²) in [6.45, 7) is 7.19. The highest BCUT2D eigenvalue weighted by Gasteiger charge is 2.19. The number of halogens is 1. The van der Waals surface area contributed by atoms with Gasteiger partial charge in [0.2, 0.25) is 17.7 Å². The minimum Gasteiger partial charge on any atom is -0.346 e. The maximum absolute atomic E-state index is 12.2. The van der Waals surface area contributed by atoms with Crippen molar-refractivity contribution in [2.75, 3.05) is 25.5 Å². The highest BCUT2D eigenvalue weighted by atomic mass is 35.5. The second-order valence-electron chi connectivity index (χ2n) is 6.55. The van der Waals surface area contributed by atoms with Crippen LogP contribution in [0.1, 0.15) is 25.0 Å². The first kappa shape index (κ1) is 23.9. The van der Waals surface area contributed by atoms with Crippen molar-refractivity contribution in [1.82, 2.24) is 10.2 Å². The molecule has 0 aliphatic carbocycles. The molecule has 0 saturated carbocycles. The summed E-state index contributed by atoms with van der Waals surface area (Å²) in [6, 6.07) is 5.07. The SMILES string of the molecule is Cc1cccc(C)c1NC(=O)CN(C)C(=O)CNC(=O)[C@@H](N)C(C)C.Cl. The van der Waals surface area contributed by atoms with Crippen molar-refractivity contribution in [3.05, 3.63) is 29.3 Å². The third kappa shape index (κ3) is 7.01. The fourth-order valence-electron chi connectivity index (χ4n) is 2.21. The summed E-state index contributed by atoms with van der Waals surface area (Å²) >= 11 is 0. The number of nitrogens with two attached hydrogens (primary N) is 1. The number of benzene rings is 1. The van der Waals surface area contributed by atoms with Gasteiger partial charge in [-0.15, -0.1) is 12.4 Å². The molecule has 7 nitrogen and oxygen atoms in total. The normalized spacial score (nSPS) is 11.3. The van der Waals surface area contributed by atoms with E-state index in [9.17, 15) is 14.4 Å². The monoisotopic (exact) mass is 384 g/mol. The van der Waals surface area contributed by atoms with E-state index in [1.54, 1.807) is 0 Å². The van der Waals surface area contributed by atoms with Crippen molar-refractivity contribution in [1.29, 1.82) is 0 Å². The Kier molecular flexibility index (Phi) is 9.90. The maximum Gasteiger partial charge on any atom is 0.243 e. The van der Waals surface area contributed by atoms with E-state index in [0.29, 0.717) is 0 Å². The van der Waals surface area contributed by atoms with Crippen molar-refractivity contribution >= 4 is 35.8 Å². The van der Waals surface area contributed by atoms with Crippen LogP contribution < -0.4 is 16.4 Å². The Morgan fingerprint density at radius 3 is 2.19 bits per heavy atom. The highest BCUT2D eigenvalue weighted by molar-refractivity contribution is 5.96. The summed E-state index contributed by atoms with van der Waals surface area (Å²) in [5.41, 5.74) is 8.38. The zero-order valence-corrected chi connectivity index (χ0v) is 16.8. The molecule has 0 unspecified atom stereocenters. The van der Waals surface area contributed by atoms with Gasteiger partial charge in [0.15, 0.2) is 0 Å². The number of likely N-dealkylation sites (N-methyl/N-ethyl adjacent to an activating group) is 1. The Morgan fingerprint density at radius 1 is 1.15 bits per heavy atom. The predicted molar refractivity (Wildman–Crippen MR) is 105 cm³/mol. The Balaban J connectivity index is 0.00000625. The van der Waals surface area contributed by atoms with E-state index in [0.717, 1.165) is 16.8 Å². The van der Waals surface area contributed by atoms with Crippen molar-refractivity contribution in [3.8, 4) is 0 Å². The second-order valence-corrected chi connectivity index (χ2v) is 6.55. The molecule has 0 aliphatic heterocycles. The molecule has 8 heteroatoms. The average Bonchev–Trinajstić information content (AvgIpc) is 2.54. The lowest BCUT2D eigenvalue weighted by Gasteiger charge is -2.20. The summed E-state index contributed by atoms with van der Waals surface area (Å²) < 4.78 is 0. The number of anilines is 1. The fraction of sp³-hybridized carbons (Fsp3) is 0.500. The molecule has 3 amide bonds. The van der Waals surface area contributed by atoms with Crippen LogP contribution in [-0.4, -0.2) is 48.8 Å². The number of rotatable bonds is 7. The van der Waals surface area contributed by atoms with E-state index in [-0.39, 0.29) is 49.1 Å². The number of nitrogens with one attached hydrogen (secondary N) is 2. The quantitative estimate of drug-likeness (QED) is 0.657. The Labute approximate surface area is 161 Å². The predicted octanol–water partition coefficient (Wildman–Crippen LogP) is 1.22. The molecule has 1 aromatic rings. The number of aryl methyl sites for hydroxylation is 2. The zero-order chi connectivity index (χ0) is 19.1. The van der Waals surface area contributed by atoms with Crippen LogP contribution >= 0.6 is 12.4 Å². The largest absolute Gasteiger partial charge is 0.346 e. The van der Waals surface area contributed by atoms with Crippen molar-refractivity contribution in [3.63, 3.8) is 0 Å². The smallest absolute Gasteiger partial charge is 0.243 e. The third-order valence-corrected chi connectivity index (χ3v) is 3.99. The molecule has 0 fully saturated rings. The summed E-state index contributed by atoms with van der Waals surface area (Å²) in [7, 11) is 1.52. The number of carbonyl (C=O) groups excluding carboxylic acids is 3. The molecular weight excluding hydrogens is 356 g/mol. The Bertz CT molecular complexity index is 629. The van der Waals surface area contributed by atoms with Crippen LogP contribution in [0.5, 0.6) is 0 Å². The zero-order valence-electron chi connectivity index (χ0n) is 16.0. The molecule has 0 saturated heterocycles. The van der Waals surface area contributed by atoms with E-state index in [2.05, 4.69) is 10.6 Å². The third-order valence-electron chi connectivity index (χ3n) is 3.99. The van der Waals surface area contributed by atoms with E-state index in [4.69, 9.17) is 5.73 Å². The molecule has 146 valence electrons. The molecule has 26 heavy (non-hydrogen) atoms. The Hall–Kier alpha value is -2.12. The molecule has 0 heterocycles. The van der Waals surface area contributed by atoms with Crippen LogP contribution in [0.15, 0.2) is 18.2 Å². The van der Waals surface area contributed by atoms with Crippen molar-refractivity contribution in [2.45, 2.75) is 33.7 Å². The topological polar surface area (TPSA) is 105 Å². The molecule has 1 atom stereocenters. The molecule has 1 aromatic carbocycles. The minimum atomic E-state index is -0.662. The van der Waals surface area contributed by atoms with Gasteiger partial charge >= 0.3 is 0 Å². The number of hydrogen-bond donors (Lipinski definition) is 3. The first-order chi connectivity index (χ1) is 11.6. The van der Waals surface area contributed by atoms with Gasteiger partial charge in [-0.25, -0.2) is 0 Å². The van der Waals surface area contributed by atoms with E-state index in [1.807, 2.05) is 45.9 Å². The number of amides is 3. The molecule has 0 bridgehead atoms. The van der Waals surface area contributed by atoms with Gasteiger partial charge in [-0.05, 0) is 30.9 Å². The first-order valence-corrected chi connectivity index (χ1v) is 8.26. The molecule has 0 radical (unpaired) electrons. The highest BCUT2D eigenvalue weighted by Crippen LogP contribution is 2.19. The van der Waals surface area contributed by atoms with E-state index < -0.39 is 6.04 Å². The number of nitrogens with zero attached hydrogens (tertiary/aromatic N) is 1. The number of hydrogen-bond acceptors (Lipinski definition) is 4. The van der Waals surface area contributed by atoms with Crippen molar-refractivity contribution in [2.24, 2.45) is 11.7 Å². The van der Waals surface area contributed by atoms with Gasteiger partial charge in [-0.3, -0.25) is 14.4 Å². The van der Waals surface area contributed by atoms with Crippen molar-refractivity contribution < 1.29 is 14.4 Å². The molecule has 0 aliphatic rings. The van der Waals surface area contributed by atoms with E-state index in [1.165, 1.54) is 11.9 Å². The fourth-order valence-corrected chi connectivity index (χ4v) is 2.21. The van der Waals surface area contributed by atoms with Crippen LogP contribution in [0, 0.1) is 19.8 Å². The molecule has 1 rings (SSSR count). The van der Waals surface area contributed by atoms with Gasteiger partial charge in [-0.1, -0.05) is 32.0 Å². The van der Waals surface area contributed by atoms with Crippen LogP contribution in [0.2, 0.25) is 0 Å². The summed E-state index contributed by atoms with van der Waals surface area (Å²) in [5.74, 6) is -1.05. The number of para-hydroxylation sites is 1. The van der Waals surface area contributed by atoms with E-state index >= 15 is 0 Å². The molecule has 0 aromatic heterocycles. The first-order valence-electron chi connectivity index (χ1n) is 8.26. The van der Waals surface area contributed by atoms with Crippen LogP contribution in [-0.2, 0) is 14.4 Å². The minimum absolute atomic E-state index is 0. The number of carbonyl (C=O) groups is 3. The lowest BCUT2D eigenvalue weighted by Crippen LogP contribution is -2.48. The van der Waals surface area contributed by atoms with Gasteiger partial charge in [0.05, 0.1) is 19.1 Å². The molecular formula is C18H29ClN4O3. The van der Waals surface area contributed by atoms with Gasteiger partial charge < -0.3 is 21.3 Å². The summed E-state index contributed by atoms with van der Waals surface area (Å²) in [6.07, 6.45) is 0. The lowest BCUT2D eigenvalue weighted by atomic mass is 10.1. The molecule has 0 spiro atoms. The summed E-state index contributed by atoms with van der Waals surface area (Å²) in [4.78, 5) is 37.2. The van der Waals surface area contributed by atoms with Gasteiger partial charge in [-0.2, -0.15) is 0 Å². The lowest BCUT2D eigenvalue weighted by molar-refractivity contribution is -0.134. The maximum atomic E-state index is 12.2. The molecule has 4 N–H and O–H groups in total. The average molecular weight is 385 g/mol. The van der Waals surface area contributed by atoms with Crippen LogP contribution in [0.4, 0.5) is 5.69 Å². The van der Waals surface area contributed by atoms with Gasteiger partial charge in [0.1, 0.15) is 0 Å². The van der Waals surface area contributed by atoms with Gasteiger partial charge in [0.25, 0.3) is 0 Å². The summed E-state index contributed by atoms with van der Waals surface area (Å²) in [5, 5.41) is 5.32. The van der Waals surface area contributed by atoms with Crippen LogP contribution in [0.25, 0.3) is 0 Å². The Morgan fingerprint density at radius 2 is 1.69 bits per heavy atom. The van der Waals surface area contributed by atoms with Crippen LogP contribution in [0.3, 0.4) is 0 Å². The standard InChI is InChI=1S/C18H28N4O3.ClH/c1-11(2)16(19)18(25)20-9-15(24)22(5)10-14(23)21-17-12(3)7-6-8-13(17)4;/h6-8,11,16H,9-10,19H2,1-5H3,(H,20,25)(H,21,23);1H/t16-;/m0./s1. The van der Waals surface area contributed by atoms with Gasteiger partial charge in [0, 0.05) is 12.7 Å².